The number of nitrogens with zero attached hydrogens (tertiary/aromatic N) is 7. The Labute approximate surface area is 255 Å². The van der Waals surface area contributed by atoms with Gasteiger partial charge in [0.2, 0.25) is 5.88 Å². The number of anilines is 1. The monoisotopic (exact) mass is 591 g/mol. The first-order valence-electron chi connectivity index (χ1n) is 17.0. The smallest absolute Gasteiger partial charge is 0.246 e. The maximum absolute atomic E-state index is 13.1. The summed E-state index contributed by atoms with van der Waals surface area (Å²) >= 11 is 0. The normalized spacial score (nSPS) is 25.0. The average Bonchev–Trinajstić information content (AvgIpc) is 3.74. The highest BCUT2D eigenvalue weighted by Gasteiger charge is 2.38. The molecule has 1 aliphatic carbocycles. The zero-order valence-corrected chi connectivity index (χ0v) is 26.8. The summed E-state index contributed by atoms with van der Waals surface area (Å²) in [6.45, 7) is 15.1. The summed E-state index contributed by atoms with van der Waals surface area (Å²) in [7, 11) is 0. The SMILES string of the molecule is CC.CCCCC(=O)C1CCCc2c(-c3nc4c5c(nn(CC6CCCN6CC)c5n3)OC[C@H]3CCC(C)CN43)noc21. The van der Waals surface area contributed by atoms with Gasteiger partial charge < -0.3 is 14.2 Å². The molecule has 4 atom stereocenters. The zero-order valence-electron chi connectivity index (χ0n) is 26.8. The van der Waals surface area contributed by atoms with E-state index in [1.165, 1.54) is 12.8 Å². The van der Waals surface area contributed by atoms with Crippen LogP contribution >= 0.6 is 0 Å². The predicted octanol–water partition coefficient (Wildman–Crippen LogP) is 6.17. The minimum atomic E-state index is -0.211. The molecule has 0 radical (unpaired) electrons. The molecular weight excluding hydrogens is 542 g/mol. The van der Waals surface area contributed by atoms with Crippen LogP contribution in [-0.4, -0.2) is 73.9 Å². The summed E-state index contributed by atoms with van der Waals surface area (Å²) in [6.07, 6.45) is 9.73. The summed E-state index contributed by atoms with van der Waals surface area (Å²) < 4.78 is 14.4. The Morgan fingerprint density at radius 3 is 2.74 bits per heavy atom. The number of aromatic nitrogens is 5. The van der Waals surface area contributed by atoms with Crippen LogP contribution in [0.3, 0.4) is 0 Å². The lowest BCUT2D eigenvalue weighted by Gasteiger charge is -2.38. The van der Waals surface area contributed by atoms with E-state index >= 15 is 0 Å². The number of likely N-dealkylation sites (tertiary alicyclic amines) is 1. The van der Waals surface area contributed by atoms with Crippen LogP contribution < -0.4 is 9.64 Å². The van der Waals surface area contributed by atoms with Crippen LogP contribution in [0, 0.1) is 5.92 Å². The fourth-order valence-corrected chi connectivity index (χ4v) is 7.56. The minimum absolute atomic E-state index is 0.211. The summed E-state index contributed by atoms with van der Waals surface area (Å²) in [5, 5.41) is 10.5. The number of ether oxygens (including phenoxy) is 1. The van der Waals surface area contributed by atoms with Gasteiger partial charge in [0.05, 0.1) is 18.5 Å². The molecule has 2 fully saturated rings. The van der Waals surface area contributed by atoms with Gasteiger partial charge >= 0.3 is 0 Å². The van der Waals surface area contributed by atoms with Crippen molar-refractivity contribution in [2.45, 2.75) is 123 Å². The molecule has 0 bridgehead atoms. The van der Waals surface area contributed by atoms with Gasteiger partial charge in [-0.15, -0.1) is 5.10 Å². The molecule has 234 valence electrons. The van der Waals surface area contributed by atoms with Crippen LogP contribution in [0.5, 0.6) is 5.88 Å². The number of Topliss-reactive ketones (excluding diaryl/α,β-unsaturated/α-hetero) is 1. The summed E-state index contributed by atoms with van der Waals surface area (Å²) in [4.78, 5) is 28.4. The van der Waals surface area contributed by atoms with Crippen molar-refractivity contribution in [3.63, 3.8) is 0 Å². The molecule has 10 nitrogen and oxygen atoms in total. The number of piperidine rings is 1. The van der Waals surface area contributed by atoms with Crippen molar-refractivity contribution in [1.82, 2.24) is 29.8 Å². The molecule has 4 aliphatic rings. The average molecular weight is 592 g/mol. The van der Waals surface area contributed by atoms with Gasteiger partial charge in [0.25, 0.3) is 0 Å². The fraction of sp³-hybridized carbons (Fsp3) is 0.727. The van der Waals surface area contributed by atoms with Crippen LogP contribution in [0.2, 0.25) is 0 Å². The van der Waals surface area contributed by atoms with Crippen LogP contribution in [0.4, 0.5) is 5.82 Å². The van der Waals surface area contributed by atoms with E-state index in [0.29, 0.717) is 42.4 Å². The number of likely N-dealkylation sites (N-methyl/N-ethyl adjacent to an activating group) is 1. The molecule has 0 saturated carbocycles. The lowest BCUT2D eigenvalue weighted by atomic mass is 9.83. The van der Waals surface area contributed by atoms with E-state index in [-0.39, 0.29) is 17.7 Å². The van der Waals surface area contributed by atoms with Crippen molar-refractivity contribution < 1.29 is 14.1 Å². The lowest BCUT2D eigenvalue weighted by molar-refractivity contribution is -0.121. The Balaban J connectivity index is 0.00000161. The number of hydrogen-bond acceptors (Lipinski definition) is 9. The summed E-state index contributed by atoms with van der Waals surface area (Å²) in [5.41, 5.74) is 2.50. The second kappa shape index (κ2) is 12.9. The molecule has 43 heavy (non-hydrogen) atoms. The maximum Gasteiger partial charge on any atom is 0.246 e. The molecule has 0 N–H and O–H groups in total. The van der Waals surface area contributed by atoms with Gasteiger partial charge in [0.1, 0.15) is 23.6 Å². The van der Waals surface area contributed by atoms with E-state index in [1.807, 2.05) is 13.8 Å². The fourth-order valence-electron chi connectivity index (χ4n) is 7.56. The Bertz CT molecular complexity index is 1430. The number of rotatable bonds is 8. The highest BCUT2D eigenvalue weighted by atomic mass is 16.5. The van der Waals surface area contributed by atoms with Crippen molar-refractivity contribution in [2.24, 2.45) is 5.92 Å². The molecule has 3 aromatic rings. The first-order chi connectivity index (χ1) is 21.1. The Morgan fingerprint density at radius 1 is 1.07 bits per heavy atom. The third kappa shape index (κ3) is 5.56. The molecular formula is C33H49N7O3. The molecule has 0 spiro atoms. The molecule has 3 aromatic heterocycles. The van der Waals surface area contributed by atoms with Crippen LogP contribution in [0.25, 0.3) is 22.6 Å². The zero-order chi connectivity index (χ0) is 30.1. The molecule has 6 heterocycles. The van der Waals surface area contributed by atoms with Crippen molar-refractivity contribution in [3.8, 4) is 17.4 Å². The van der Waals surface area contributed by atoms with Crippen molar-refractivity contribution in [1.29, 1.82) is 0 Å². The van der Waals surface area contributed by atoms with Gasteiger partial charge in [-0.2, -0.15) is 0 Å². The maximum atomic E-state index is 13.1. The topological polar surface area (TPSA) is 102 Å². The van der Waals surface area contributed by atoms with Crippen LogP contribution in [0.1, 0.15) is 110 Å². The van der Waals surface area contributed by atoms with Gasteiger partial charge in [-0.1, -0.05) is 46.2 Å². The largest absolute Gasteiger partial charge is 0.474 e. The standard InChI is InChI=1S/C31H43N7O3.C2H6/c1-4-6-12-24(39)22-10-7-11-23-26(35-41-27(22)23)28-32-29-25-30(33-28)38(17-20-9-8-15-36(20)5-2)34-31(25)40-18-21-14-13-19(3)16-37(21)29;1-2/h19-22H,4-18H2,1-3H3;1-2H3/t19?,20?,21-,22?;/m1./s1. The molecule has 0 amide bonds. The molecule has 0 aromatic carbocycles. The first kappa shape index (κ1) is 30.0. The second-order valence-electron chi connectivity index (χ2n) is 12.7. The third-order valence-electron chi connectivity index (χ3n) is 9.89. The number of ketones is 1. The molecule has 7 rings (SSSR count). The van der Waals surface area contributed by atoms with Crippen LogP contribution in [0.15, 0.2) is 4.52 Å². The minimum Gasteiger partial charge on any atom is -0.474 e. The van der Waals surface area contributed by atoms with Gasteiger partial charge in [0.15, 0.2) is 22.9 Å². The Morgan fingerprint density at radius 2 is 1.93 bits per heavy atom. The van der Waals surface area contributed by atoms with E-state index in [0.717, 1.165) is 99.3 Å². The Kier molecular flexibility index (Phi) is 9.03. The Hall–Kier alpha value is -3.01. The number of carbonyl (C=O) groups is 1. The second-order valence-corrected chi connectivity index (χ2v) is 12.7. The first-order valence-corrected chi connectivity index (χ1v) is 17.0. The third-order valence-corrected chi connectivity index (χ3v) is 9.89. The van der Waals surface area contributed by atoms with E-state index in [2.05, 4.69) is 40.4 Å². The molecule has 3 aliphatic heterocycles. The van der Waals surface area contributed by atoms with Crippen molar-refractivity contribution in [3.05, 3.63) is 11.3 Å². The van der Waals surface area contributed by atoms with Crippen molar-refractivity contribution >= 4 is 22.6 Å². The summed E-state index contributed by atoms with van der Waals surface area (Å²) in [5.74, 6) is 3.48. The molecule has 10 heteroatoms. The van der Waals surface area contributed by atoms with E-state index in [9.17, 15) is 4.79 Å². The number of unbranched alkanes of at least 4 members (excludes halogenated alkanes) is 1. The van der Waals surface area contributed by atoms with Gasteiger partial charge in [-0.3, -0.25) is 9.69 Å². The van der Waals surface area contributed by atoms with Gasteiger partial charge in [-0.05, 0) is 70.4 Å². The molecule has 2 saturated heterocycles. The number of carbonyl (C=O) groups excluding carboxylic acids is 1. The quantitative estimate of drug-likeness (QED) is 0.304. The van der Waals surface area contributed by atoms with E-state index < -0.39 is 0 Å². The highest BCUT2D eigenvalue weighted by molar-refractivity contribution is 5.94. The highest BCUT2D eigenvalue weighted by Crippen LogP contribution is 2.42. The number of hydrogen-bond donors (Lipinski definition) is 0. The van der Waals surface area contributed by atoms with Gasteiger partial charge in [-0.25, -0.2) is 14.6 Å². The van der Waals surface area contributed by atoms with E-state index in [4.69, 9.17) is 24.3 Å². The lowest BCUT2D eigenvalue weighted by Crippen LogP contribution is -2.45. The summed E-state index contributed by atoms with van der Waals surface area (Å²) in [6, 6.07) is 0.690. The molecule has 3 unspecified atom stereocenters. The number of fused-ring (bicyclic) bond motifs is 3. The van der Waals surface area contributed by atoms with E-state index in [1.54, 1.807) is 0 Å². The van der Waals surface area contributed by atoms with Gasteiger partial charge in [0, 0.05) is 24.6 Å². The van der Waals surface area contributed by atoms with Crippen LogP contribution in [-0.2, 0) is 17.8 Å². The van der Waals surface area contributed by atoms with Crippen molar-refractivity contribution in [2.75, 3.05) is 31.1 Å². The predicted molar refractivity (Wildman–Crippen MR) is 168 cm³/mol.